The van der Waals surface area contributed by atoms with Gasteiger partial charge in [0.25, 0.3) is 0 Å². The number of hydrogen-bond donors (Lipinski definition) is 0. The molecule has 3 atom stereocenters. The standard InChI is InChI=1S/C21H30N4O3/c1-23-14-22-18-16(23)5-9-25(17(26)6-11-28-2)21(18)8-10-24(13-21)19(27)20-7-3-4-15(20)12-20/h14-15H,3-13H2,1-2H3/t15-,20-,21?/m1/s1. The van der Waals surface area contributed by atoms with E-state index in [2.05, 4.69) is 4.57 Å². The van der Waals surface area contributed by atoms with E-state index in [4.69, 9.17) is 9.72 Å². The molecule has 152 valence electrons. The predicted octanol–water partition coefficient (Wildman–Crippen LogP) is 1.46. The number of amides is 2. The average molecular weight is 386 g/mol. The Morgan fingerprint density at radius 2 is 2.18 bits per heavy atom. The molecule has 2 amide bonds. The monoisotopic (exact) mass is 386 g/mol. The van der Waals surface area contributed by atoms with Crippen LogP contribution >= 0.6 is 0 Å². The second kappa shape index (κ2) is 6.31. The van der Waals surface area contributed by atoms with Gasteiger partial charge in [-0.25, -0.2) is 4.98 Å². The number of hydrogen-bond acceptors (Lipinski definition) is 4. The number of rotatable bonds is 4. The highest BCUT2D eigenvalue weighted by Crippen LogP contribution is 2.64. The van der Waals surface area contributed by atoms with E-state index in [-0.39, 0.29) is 11.3 Å². The lowest BCUT2D eigenvalue weighted by atomic mass is 9.85. The van der Waals surface area contributed by atoms with E-state index in [0.717, 1.165) is 37.9 Å². The Labute approximate surface area is 166 Å². The summed E-state index contributed by atoms with van der Waals surface area (Å²) in [5.41, 5.74) is 1.65. The van der Waals surface area contributed by atoms with Crippen LogP contribution in [0.3, 0.4) is 0 Å². The minimum absolute atomic E-state index is 0.0714. The number of aromatic nitrogens is 2. The lowest BCUT2D eigenvalue weighted by molar-refractivity contribution is -0.142. The zero-order chi connectivity index (χ0) is 19.5. The Bertz CT molecular complexity index is 821. The predicted molar refractivity (Wildman–Crippen MR) is 102 cm³/mol. The molecule has 1 spiro atoms. The Morgan fingerprint density at radius 1 is 1.32 bits per heavy atom. The van der Waals surface area contributed by atoms with Crippen molar-refractivity contribution in [2.24, 2.45) is 18.4 Å². The number of methoxy groups -OCH3 is 1. The first kappa shape index (κ1) is 18.2. The third kappa shape index (κ3) is 2.41. The highest BCUT2D eigenvalue weighted by Gasteiger charge is 2.64. The van der Waals surface area contributed by atoms with Gasteiger partial charge in [0.2, 0.25) is 11.8 Å². The molecule has 3 heterocycles. The summed E-state index contributed by atoms with van der Waals surface area (Å²) in [4.78, 5) is 35.2. The number of nitrogens with zero attached hydrogens (tertiary/aromatic N) is 4. The first-order chi connectivity index (χ1) is 13.5. The van der Waals surface area contributed by atoms with Crippen LogP contribution in [0.15, 0.2) is 6.33 Å². The molecule has 2 aliphatic heterocycles. The maximum atomic E-state index is 13.4. The van der Waals surface area contributed by atoms with Crippen LogP contribution in [0.5, 0.6) is 0 Å². The molecular formula is C21H30N4O3. The van der Waals surface area contributed by atoms with Gasteiger partial charge in [0, 0.05) is 45.9 Å². The van der Waals surface area contributed by atoms with Gasteiger partial charge in [-0.2, -0.15) is 0 Å². The van der Waals surface area contributed by atoms with Crippen LogP contribution in [-0.2, 0) is 33.3 Å². The summed E-state index contributed by atoms with van der Waals surface area (Å²) < 4.78 is 7.22. The topological polar surface area (TPSA) is 67.7 Å². The van der Waals surface area contributed by atoms with Crippen molar-refractivity contribution in [3.63, 3.8) is 0 Å². The van der Waals surface area contributed by atoms with E-state index in [1.54, 1.807) is 7.11 Å². The lowest BCUT2D eigenvalue weighted by Gasteiger charge is -2.44. The van der Waals surface area contributed by atoms with Gasteiger partial charge in [-0.3, -0.25) is 9.59 Å². The van der Waals surface area contributed by atoms with Crippen molar-refractivity contribution in [1.29, 1.82) is 0 Å². The van der Waals surface area contributed by atoms with E-state index in [1.807, 2.05) is 23.2 Å². The smallest absolute Gasteiger partial charge is 0.229 e. The molecule has 28 heavy (non-hydrogen) atoms. The summed E-state index contributed by atoms with van der Waals surface area (Å²) in [6.45, 7) is 2.42. The number of carbonyl (C=O) groups is 2. The summed E-state index contributed by atoms with van der Waals surface area (Å²) in [5, 5.41) is 0. The van der Waals surface area contributed by atoms with Gasteiger partial charge < -0.3 is 19.1 Å². The fourth-order valence-corrected chi connectivity index (χ4v) is 6.18. The Morgan fingerprint density at radius 3 is 2.89 bits per heavy atom. The molecule has 1 aromatic rings. The summed E-state index contributed by atoms with van der Waals surface area (Å²) in [6, 6.07) is 0. The average Bonchev–Trinajstić information content (AvgIpc) is 3.05. The van der Waals surface area contributed by atoms with E-state index >= 15 is 0 Å². The molecule has 0 N–H and O–H groups in total. The number of fused-ring (bicyclic) bond motifs is 3. The second-order valence-electron chi connectivity index (χ2n) is 9.15. The van der Waals surface area contributed by atoms with E-state index in [1.165, 1.54) is 18.5 Å². The molecule has 4 aliphatic rings. The molecule has 1 unspecified atom stereocenters. The van der Waals surface area contributed by atoms with Gasteiger partial charge in [-0.15, -0.1) is 0 Å². The van der Waals surface area contributed by atoms with Crippen molar-refractivity contribution in [2.75, 3.05) is 33.4 Å². The van der Waals surface area contributed by atoms with Gasteiger partial charge in [0.15, 0.2) is 0 Å². The van der Waals surface area contributed by atoms with Crippen LogP contribution in [-0.4, -0.2) is 64.5 Å². The summed E-state index contributed by atoms with van der Waals surface area (Å²) in [5.74, 6) is 1.04. The Kier molecular flexibility index (Phi) is 4.09. The third-order valence-electron chi connectivity index (χ3n) is 7.78. The molecule has 7 nitrogen and oxygen atoms in total. The first-order valence-corrected chi connectivity index (χ1v) is 10.6. The van der Waals surface area contributed by atoms with Crippen LogP contribution in [0, 0.1) is 11.3 Å². The molecule has 5 rings (SSSR count). The number of imidazole rings is 1. The Balaban J connectivity index is 1.45. The van der Waals surface area contributed by atoms with Crippen molar-refractivity contribution in [3.8, 4) is 0 Å². The molecule has 0 aromatic carbocycles. The third-order valence-corrected chi connectivity index (χ3v) is 7.78. The first-order valence-electron chi connectivity index (χ1n) is 10.6. The van der Waals surface area contributed by atoms with E-state index in [9.17, 15) is 9.59 Å². The highest BCUT2D eigenvalue weighted by atomic mass is 16.5. The normalized spacial score (nSPS) is 33.3. The molecule has 1 aromatic heterocycles. The van der Waals surface area contributed by atoms with Crippen LogP contribution in [0.1, 0.15) is 49.9 Å². The molecular weight excluding hydrogens is 356 g/mol. The molecule has 3 fully saturated rings. The molecule has 1 saturated heterocycles. The van der Waals surface area contributed by atoms with E-state index < -0.39 is 5.54 Å². The van der Waals surface area contributed by atoms with Crippen molar-refractivity contribution < 1.29 is 14.3 Å². The van der Waals surface area contributed by atoms with Crippen LogP contribution in [0.4, 0.5) is 0 Å². The summed E-state index contributed by atoms with van der Waals surface area (Å²) in [6.07, 6.45) is 8.32. The molecule has 7 heteroatoms. The van der Waals surface area contributed by atoms with Crippen LogP contribution < -0.4 is 0 Å². The van der Waals surface area contributed by atoms with E-state index in [0.29, 0.717) is 37.9 Å². The van der Waals surface area contributed by atoms with Crippen molar-refractivity contribution in [3.05, 3.63) is 17.7 Å². The zero-order valence-electron chi connectivity index (χ0n) is 16.9. The largest absolute Gasteiger partial charge is 0.384 e. The zero-order valence-corrected chi connectivity index (χ0v) is 16.9. The molecule has 2 saturated carbocycles. The van der Waals surface area contributed by atoms with Crippen LogP contribution in [0.25, 0.3) is 0 Å². The van der Waals surface area contributed by atoms with Crippen molar-refractivity contribution in [2.45, 2.75) is 50.5 Å². The fourth-order valence-electron chi connectivity index (χ4n) is 6.18. The second-order valence-corrected chi connectivity index (χ2v) is 9.15. The van der Waals surface area contributed by atoms with Gasteiger partial charge in [0.05, 0.1) is 30.5 Å². The number of ether oxygens (including phenoxy) is 1. The number of likely N-dealkylation sites (tertiary alicyclic amines) is 1. The fraction of sp³-hybridized carbons (Fsp3) is 0.762. The van der Waals surface area contributed by atoms with Crippen molar-refractivity contribution in [1.82, 2.24) is 19.4 Å². The maximum absolute atomic E-state index is 13.4. The van der Waals surface area contributed by atoms with Crippen molar-refractivity contribution >= 4 is 11.8 Å². The molecule has 2 aliphatic carbocycles. The molecule has 0 bridgehead atoms. The molecule has 0 radical (unpaired) electrons. The minimum atomic E-state index is -0.477. The lowest BCUT2D eigenvalue weighted by Crippen LogP contribution is -2.56. The highest BCUT2D eigenvalue weighted by molar-refractivity contribution is 5.87. The van der Waals surface area contributed by atoms with Crippen LogP contribution in [0.2, 0.25) is 0 Å². The van der Waals surface area contributed by atoms with Gasteiger partial charge in [-0.05, 0) is 31.6 Å². The van der Waals surface area contributed by atoms with Gasteiger partial charge in [0.1, 0.15) is 5.54 Å². The summed E-state index contributed by atoms with van der Waals surface area (Å²) in [7, 11) is 3.64. The minimum Gasteiger partial charge on any atom is -0.384 e. The van der Waals surface area contributed by atoms with Gasteiger partial charge >= 0.3 is 0 Å². The van der Waals surface area contributed by atoms with Gasteiger partial charge in [-0.1, -0.05) is 6.42 Å². The quantitative estimate of drug-likeness (QED) is 0.786. The number of aryl methyl sites for hydroxylation is 1. The maximum Gasteiger partial charge on any atom is 0.229 e. The SMILES string of the molecule is COCCC(=O)N1CCc2c(ncn2C)C12CCN(C(=O)[C@@]13CCC[C@@H]1C3)C2. The Hall–Kier alpha value is -1.89. The number of carbonyl (C=O) groups excluding carboxylic acids is 2. The summed E-state index contributed by atoms with van der Waals surface area (Å²) >= 11 is 0.